The molecule has 2 N–H and O–H groups in total. The number of piperidine rings is 1. The lowest BCUT2D eigenvalue weighted by Crippen LogP contribution is -2.38. The summed E-state index contributed by atoms with van der Waals surface area (Å²) in [5.74, 6) is 0. The summed E-state index contributed by atoms with van der Waals surface area (Å²) in [7, 11) is 0. The second kappa shape index (κ2) is 9.96. The number of alkyl halides is 3. The SMILES string of the molecule is Cl.Cl.O[C@H](c1cc(-c2ccc(C(F)(F)F)cc2)nc2ccccc12)[C@@H]1CCCCN1. The van der Waals surface area contributed by atoms with Crippen molar-refractivity contribution in [3.63, 3.8) is 0 Å². The molecule has 0 unspecified atom stereocenters. The second-order valence-corrected chi connectivity index (χ2v) is 7.19. The number of aliphatic hydroxyl groups excluding tert-OH is 1. The Hall–Kier alpha value is -1.86. The molecule has 2 heterocycles. The quantitative estimate of drug-likeness (QED) is 0.510. The van der Waals surface area contributed by atoms with Gasteiger partial charge in [0.15, 0.2) is 0 Å². The molecule has 3 nitrogen and oxygen atoms in total. The van der Waals surface area contributed by atoms with Gasteiger partial charge in [-0.25, -0.2) is 4.98 Å². The van der Waals surface area contributed by atoms with Crippen molar-refractivity contribution in [3.8, 4) is 11.3 Å². The van der Waals surface area contributed by atoms with Gasteiger partial charge in [-0.1, -0.05) is 36.8 Å². The second-order valence-electron chi connectivity index (χ2n) is 7.19. The number of para-hydroxylation sites is 1. The summed E-state index contributed by atoms with van der Waals surface area (Å²) < 4.78 is 38.6. The van der Waals surface area contributed by atoms with Crippen LogP contribution < -0.4 is 5.32 Å². The van der Waals surface area contributed by atoms with Crippen molar-refractivity contribution < 1.29 is 18.3 Å². The summed E-state index contributed by atoms with van der Waals surface area (Å²) in [6.07, 6.45) is -2.04. The van der Waals surface area contributed by atoms with Gasteiger partial charge in [0.1, 0.15) is 0 Å². The molecule has 1 aliphatic heterocycles. The van der Waals surface area contributed by atoms with Crippen LogP contribution in [0.4, 0.5) is 13.2 Å². The van der Waals surface area contributed by atoms with Crippen LogP contribution in [0.3, 0.4) is 0 Å². The molecule has 0 amide bonds. The maximum atomic E-state index is 12.9. The Morgan fingerprint density at radius 1 is 1.00 bits per heavy atom. The van der Waals surface area contributed by atoms with Crippen molar-refractivity contribution in [3.05, 3.63) is 65.7 Å². The van der Waals surface area contributed by atoms with Crippen molar-refractivity contribution in [1.82, 2.24) is 10.3 Å². The number of benzene rings is 2. The molecule has 1 aliphatic rings. The molecule has 0 bridgehead atoms. The Bertz CT molecular complexity index is 974. The van der Waals surface area contributed by atoms with Crippen LogP contribution >= 0.6 is 24.8 Å². The van der Waals surface area contributed by atoms with Crippen molar-refractivity contribution in [2.24, 2.45) is 0 Å². The number of rotatable bonds is 3. The third-order valence-electron chi connectivity index (χ3n) is 5.30. The van der Waals surface area contributed by atoms with Gasteiger partial charge in [0, 0.05) is 17.0 Å². The van der Waals surface area contributed by atoms with E-state index in [9.17, 15) is 18.3 Å². The predicted octanol–water partition coefficient (Wildman–Crippen LogP) is 5.94. The van der Waals surface area contributed by atoms with Gasteiger partial charge in [0.25, 0.3) is 0 Å². The first kappa shape index (κ1) is 24.4. The van der Waals surface area contributed by atoms with Crippen molar-refractivity contribution in [2.45, 2.75) is 37.6 Å². The molecule has 1 aromatic heterocycles. The van der Waals surface area contributed by atoms with Gasteiger partial charge in [0.05, 0.1) is 22.9 Å². The van der Waals surface area contributed by atoms with Crippen LogP contribution in [0.25, 0.3) is 22.2 Å². The van der Waals surface area contributed by atoms with Gasteiger partial charge in [-0.05, 0) is 49.2 Å². The van der Waals surface area contributed by atoms with Crippen LogP contribution in [0, 0.1) is 0 Å². The number of aliphatic hydroxyl groups is 1. The van der Waals surface area contributed by atoms with Gasteiger partial charge in [-0.3, -0.25) is 0 Å². The lowest BCUT2D eigenvalue weighted by atomic mass is 9.92. The van der Waals surface area contributed by atoms with Gasteiger partial charge in [-0.2, -0.15) is 13.2 Å². The molecule has 0 aliphatic carbocycles. The van der Waals surface area contributed by atoms with Crippen molar-refractivity contribution >= 4 is 35.7 Å². The summed E-state index contributed by atoms with van der Waals surface area (Å²) in [4.78, 5) is 4.61. The predicted molar refractivity (Wildman–Crippen MR) is 117 cm³/mol. The van der Waals surface area contributed by atoms with Crippen LogP contribution in [0.15, 0.2) is 54.6 Å². The Kier molecular flexibility index (Phi) is 8.11. The van der Waals surface area contributed by atoms with E-state index in [1.165, 1.54) is 12.1 Å². The number of hydrogen-bond acceptors (Lipinski definition) is 3. The zero-order chi connectivity index (χ0) is 19.7. The minimum atomic E-state index is -4.37. The van der Waals surface area contributed by atoms with Gasteiger partial charge in [-0.15, -0.1) is 24.8 Å². The zero-order valence-corrected chi connectivity index (χ0v) is 17.7. The lowest BCUT2D eigenvalue weighted by Gasteiger charge is -2.29. The maximum absolute atomic E-state index is 12.9. The molecule has 0 saturated carbocycles. The van der Waals surface area contributed by atoms with E-state index in [2.05, 4.69) is 10.3 Å². The van der Waals surface area contributed by atoms with Crippen LogP contribution in [0.2, 0.25) is 0 Å². The minimum absolute atomic E-state index is 0. The highest BCUT2D eigenvalue weighted by atomic mass is 35.5. The van der Waals surface area contributed by atoms with E-state index >= 15 is 0 Å². The Morgan fingerprint density at radius 2 is 1.70 bits per heavy atom. The summed E-state index contributed by atoms with van der Waals surface area (Å²) >= 11 is 0. The summed E-state index contributed by atoms with van der Waals surface area (Å²) in [5.41, 5.74) is 1.91. The zero-order valence-electron chi connectivity index (χ0n) is 16.0. The molecule has 162 valence electrons. The number of halogens is 5. The largest absolute Gasteiger partial charge is 0.416 e. The van der Waals surface area contributed by atoms with Crippen LogP contribution in [0.5, 0.6) is 0 Å². The number of nitrogens with zero attached hydrogens (tertiary/aromatic N) is 1. The third kappa shape index (κ3) is 5.06. The number of pyridine rings is 1. The fourth-order valence-electron chi connectivity index (χ4n) is 3.79. The van der Waals surface area contributed by atoms with Crippen molar-refractivity contribution in [1.29, 1.82) is 0 Å². The number of fused-ring (bicyclic) bond motifs is 1. The molecule has 2 aromatic carbocycles. The minimum Gasteiger partial charge on any atom is -0.387 e. The molecular weight excluding hydrogens is 436 g/mol. The normalized spacial score (nSPS) is 17.7. The number of aromatic nitrogens is 1. The van der Waals surface area contributed by atoms with Crippen LogP contribution in [-0.4, -0.2) is 22.7 Å². The molecule has 3 aromatic rings. The third-order valence-corrected chi connectivity index (χ3v) is 5.30. The average molecular weight is 459 g/mol. The monoisotopic (exact) mass is 458 g/mol. The standard InChI is InChI=1S/C22H21F3N2O.2ClH/c23-22(24,25)15-10-8-14(9-11-15)20-13-17(16-5-1-2-6-18(16)27-20)21(28)19-7-3-4-12-26-19;;/h1-2,5-6,8-11,13,19,21,26,28H,3-4,7,12H2;2*1H/t19-,21+;;/m0../s1. The van der Waals surface area contributed by atoms with E-state index in [0.29, 0.717) is 16.8 Å². The molecule has 1 fully saturated rings. The topological polar surface area (TPSA) is 45.2 Å². The average Bonchev–Trinajstić information content (AvgIpc) is 2.72. The molecule has 8 heteroatoms. The van der Waals surface area contributed by atoms with Gasteiger partial charge in [0.2, 0.25) is 0 Å². The smallest absolute Gasteiger partial charge is 0.387 e. The van der Waals surface area contributed by atoms with E-state index in [1.807, 2.05) is 24.3 Å². The lowest BCUT2D eigenvalue weighted by molar-refractivity contribution is -0.137. The summed E-state index contributed by atoms with van der Waals surface area (Å²) in [6, 6.07) is 14.3. The van der Waals surface area contributed by atoms with Crippen molar-refractivity contribution in [2.75, 3.05) is 6.54 Å². The van der Waals surface area contributed by atoms with Crippen LogP contribution in [0.1, 0.15) is 36.5 Å². The molecule has 4 rings (SSSR count). The molecule has 2 atom stereocenters. The summed E-state index contributed by atoms with van der Waals surface area (Å²) in [6.45, 7) is 0.872. The first-order valence-corrected chi connectivity index (χ1v) is 9.42. The van der Waals surface area contributed by atoms with E-state index in [0.717, 1.165) is 48.9 Å². The number of hydrogen-bond donors (Lipinski definition) is 2. The van der Waals surface area contributed by atoms with E-state index in [-0.39, 0.29) is 30.9 Å². The maximum Gasteiger partial charge on any atom is 0.416 e. The van der Waals surface area contributed by atoms with Crippen LogP contribution in [-0.2, 0) is 6.18 Å². The Balaban J connectivity index is 0.00000160. The molecule has 0 spiro atoms. The first-order valence-electron chi connectivity index (χ1n) is 9.42. The Morgan fingerprint density at radius 3 is 2.33 bits per heavy atom. The van der Waals surface area contributed by atoms with E-state index < -0.39 is 17.8 Å². The highest BCUT2D eigenvalue weighted by molar-refractivity contribution is 5.86. The molecule has 1 saturated heterocycles. The summed E-state index contributed by atoms with van der Waals surface area (Å²) in [5, 5.41) is 15.3. The van der Waals surface area contributed by atoms with Gasteiger partial charge >= 0.3 is 6.18 Å². The number of nitrogens with one attached hydrogen (secondary N) is 1. The first-order chi connectivity index (χ1) is 13.4. The molecule has 0 radical (unpaired) electrons. The molecular formula is C22H23Cl2F3N2O. The molecule has 30 heavy (non-hydrogen) atoms. The van der Waals surface area contributed by atoms with E-state index in [4.69, 9.17) is 0 Å². The Labute approximate surface area is 185 Å². The highest BCUT2D eigenvalue weighted by Crippen LogP contribution is 2.34. The highest BCUT2D eigenvalue weighted by Gasteiger charge is 2.30. The van der Waals surface area contributed by atoms with E-state index in [1.54, 1.807) is 6.07 Å². The fourth-order valence-corrected chi connectivity index (χ4v) is 3.79. The fraction of sp³-hybridized carbons (Fsp3) is 0.318. The van der Waals surface area contributed by atoms with Gasteiger partial charge < -0.3 is 10.4 Å².